The van der Waals surface area contributed by atoms with Gasteiger partial charge in [0.2, 0.25) is 0 Å². The van der Waals surface area contributed by atoms with Crippen LogP contribution < -0.4 is 0 Å². The molecule has 0 amide bonds. The molecule has 0 radical (unpaired) electrons. The first kappa shape index (κ1) is 14.9. The van der Waals surface area contributed by atoms with Crippen molar-refractivity contribution in [3.63, 3.8) is 0 Å². The molecule has 108 valence electrons. The molecule has 0 aliphatic carbocycles. The zero-order chi connectivity index (χ0) is 15.2. The number of aromatic hydroxyl groups is 2. The molecule has 0 bridgehead atoms. The average molecular weight is 280 g/mol. The van der Waals surface area contributed by atoms with Gasteiger partial charge in [-0.2, -0.15) is 0 Å². The highest BCUT2D eigenvalue weighted by atomic mass is 16.3. The lowest BCUT2D eigenvalue weighted by atomic mass is 9.99. The van der Waals surface area contributed by atoms with Gasteiger partial charge in [-0.1, -0.05) is 36.4 Å². The molecule has 0 atom stereocenters. The minimum absolute atomic E-state index is 0.254. The maximum Gasteiger partial charge on any atom is 0.119 e. The highest BCUT2D eigenvalue weighted by Gasteiger charge is 2.08. The molecule has 2 rings (SSSR count). The zero-order valence-corrected chi connectivity index (χ0v) is 12.0. The average Bonchev–Trinajstić information content (AvgIpc) is 2.45. The summed E-state index contributed by atoms with van der Waals surface area (Å²) in [6.07, 6.45) is 5.57. The molecule has 0 saturated carbocycles. The van der Waals surface area contributed by atoms with E-state index >= 15 is 0 Å². The van der Waals surface area contributed by atoms with Crippen molar-refractivity contribution in [1.29, 1.82) is 0 Å². The van der Waals surface area contributed by atoms with Gasteiger partial charge in [0.25, 0.3) is 0 Å². The smallest absolute Gasteiger partial charge is 0.119 e. The van der Waals surface area contributed by atoms with Crippen LogP contribution in [0.4, 0.5) is 0 Å². The van der Waals surface area contributed by atoms with Crippen LogP contribution in [0.1, 0.15) is 22.3 Å². The summed E-state index contributed by atoms with van der Waals surface area (Å²) in [6.45, 7) is 7.38. The zero-order valence-electron chi connectivity index (χ0n) is 12.0. The third-order valence-electron chi connectivity index (χ3n) is 3.44. The van der Waals surface area contributed by atoms with Crippen LogP contribution in [0.5, 0.6) is 11.5 Å². The molecule has 0 spiro atoms. The van der Waals surface area contributed by atoms with Crippen molar-refractivity contribution >= 4 is 0 Å². The summed E-state index contributed by atoms with van der Waals surface area (Å²) >= 11 is 0. The summed E-state index contributed by atoms with van der Waals surface area (Å²) in [4.78, 5) is 0. The molecule has 0 saturated heterocycles. The Hall–Kier alpha value is -2.48. The van der Waals surface area contributed by atoms with Crippen molar-refractivity contribution in [1.82, 2.24) is 0 Å². The number of phenols is 2. The third-order valence-corrected chi connectivity index (χ3v) is 3.44. The van der Waals surface area contributed by atoms with E-state index in [0.29, 0.717) is 6.42 Å². The Morgan fingerprint density at radius 2 is 1.19 bits per heavy atom. The molecule has 0 heterocycles. The second-order valence-electron chi connectivity index (χ2n) is 5.09. The lowest BCUT2D eigenvalue weighted by Gasteiger charge is -2.09. The molecule has 2 heteroatoms. The lowest BCUT2D eigenvalue weighted by molar-refractivity contribution is 0.462. The van der Waals surface area contributed by atoms with E-state index in [1.165, 1.54) is 0 Å². The number of rotatable bonds is 6. The van der Waals surface area contributed by atoms with E-state index < -0.39 is 0 Å². The molecule has 21 heavy (non-hydrogen) atoms. The molecule has 0 aliphatic rings. The largest absolute Gasteiger partial charge is 0.508 e. The van der Waals surface area contributed by atoms with Crippen LogP contribution in [0.15, 0.2) is 61.7 Å². The molecule has 0 aliphatic heterocycles. The number of allylic oxidation sites excluding steroid dienone is 2. The van der Waals surface area contributed by atoms with E-state index in [1.807, 2.05) is 24.3 Å². The van der Waals surface area contributed by atoms with E-state index in [0.717, 1.165) is 35.1 Å². The first-order valence-electron chi connectivity index (χ1n) is 6.97. The maximum absolute atomic E-state index is 10.1. The van der Waals surface area contributed by atoms with E-state index in [9.17, 15) is 10.2 Å². The van der Waals surface area contributed by atoms with E-state index in [2.05, 4.69) is 13.2 Å². The second kappa shape index (κ2) is 6.80. The van der Waals surface area contributed by atoms with Gasteiger partial charge >= 0.3 is 0 Å². The van der Waals surface area contributed by atoms with Crippen molar-refractivity contribution in [2.45, 2.75) is 19.3 Å². The Bertz CT molecular complexity index is 599. The fourth-order valence-corrected chi connectivity index (χ4v) is 2.31. The summed E-state index contributed by atoms with van der Waals surface area (Å²) in [5.74, 6) is 0.507. The summed E-state index contributed by atoms with van der Waals surface area (Å²) in [6, 6.07) is 11.2. The van der Waals surface area contributed by atoms with Crippen molar-refractivity contribution in [3.05, 3.63) is 84.0 Å². The quantitative estimate of drug-likeness (QED) is 0.780. The highest BCUT2D eigenvalue weighted by Crippen LogP contribution is 2.27. The normalized spacial score (nSPS) is 10.3. The van der Waals surface area contributed by atoms with Crippen LogP contribution in [-0.4, -0.2) is 10.2 Å². The number of hydrogen-bond acceptors (Lipinski definition) is 2. The van der Waals surface area contributed by atoms with Crippen LogP contribution in [0.2, 0.25) is 0 Å². The maximum atomic E-state index is 10.1. The van der Waals surface area contributed by atoms with Crippen LogP contribution in [-0.2, 0) is 19.3 Å². The summed E-state index contributed by atoms with van der Waals surface area (Å²) in [7, 11) is 0. The Kier molecular flexibility index (Phi) is 4.83. The SMILES string of the molecule is C=CCc1ccc(Cc2ccc(CC=C)cc2O)c(O)c1. The first-order valence-corrected chi connectivity index (χ1v) is 6.97. The minimum Gasteiger partial charge on any atom is -0.508 e. The molecule has 2 nitrogen and oxygen atoms in total. The number of hydrogen-bond donors (Lipinski definition) is 2. The third kappa shape index (κ3) is 3.76. The molecule has 0 fully saturated rings. The molecule has 2 N–H and O–H groups in total. The van der Waals surface area contributed by atoms with Gasteiger partial charge in [0.1, 0.15) is 11.5 Å². The van der Waals surface area contributed by atoms with Gasteiger partial charge in [0.05, 0.1) is 0 Å². The van der Waals surface area contributed by atoms with Crippen molar-refractivity contribution < 1.29 is 10.2 Å². The highest BCUT2D eigenvalue weighted by molar-refractivity contribution is 5.44. The Morgan fingerprint density at radius 3 is 1.52 bits per heavy atom. The second-order valence-corrected chi connectivity index (χ2v) is 5.09. The van der Waals surface area contributed by atoms with Crippen molar-refractivity contribution in [2.24, 2.45) is 0 Å². The standard InChI is InChI=1S/C19H20O2/c1-3-5-14-7-9-16(18(20)11-14)13-17-10-8-15(6-4-2)12-19(17)21/h3-4,7-12,20-21H,1-2,5-6,13H2. The van der Waals surface area contributed by atoms with E-state index in [4.69, 9.17) is 0 Å². The molecule has 0 aromatic heterocycles. The van der Waals surface area contributed by atoms with Gasteiger partial charge in [-0.05, 0) is 47.2 Å². The Morgan fingerprint density at radius 1 is 0.762 bits per heavy atom. The number of phenolic OH excluding ortho intramolecular Hbond substituents is 2. The topological polar surface area (TPSA) is 40.5 Å². The van der Waals surface area contributed by atoms with Crippen LogP contribution in [0, 0.1) is 0 Å². The molecule has 2 aromatic carbocycles. The summed E-state index contributed by atoms with van der Waals surface area (Å²) < 4.78 is 0. The van der Waals surface area contributed by atoms with Gasteiger partial charge in [-0.25, -0.2) is 0 Å². The predicted molar refractivity (Wildman–Crippen MR) is 86.8 cm³/mol. The van der Waals surface area contributed by atoms with E-state index in [-0.39, 0.29) is 11.5 Å². The number of benzene rings is 2. The van der Waals surface area contributed by atoms with Gasteiger partial charge in [-0.15, -0.1) is 13.2 Å². The lowest BCUT2D eigenvalue weighted by Crippen LogP contribution is -1.92. The Balaban J connectivity index is 2.21. The molecular weight excluding hydrogens is 260 g/mol. The van der Waals surface area contributed by atoms with Crippen LogP contribution >= 0.6 is 0 Å². The van der Waals surface area contributed by atoms with Crippen LogP contribution in [0.25, 0.3) is 0 Å². The van der Waals surface area contributed by atoms with Crippen LogP contribution in [0.3, 0.4) is 0 Å². The van der Waals surface area contributed by atoms with Gasteiger partial charge in [0, 0.05) is 6.42 Å². The predicted octanol–water partition coefficient (Wildman–Crippen LogP) is 4.15. The fraction of sp³-hybridized carbons (Fsp3) is 0.158. The Labute approximate surface area is 125 Å². The summed E-state index contributed by atoms with van der Waals surface area (Å²) in [5, 5.41) is 20.2. The summed E-state index contributed by atoms with van der Waals surface area (Å²) in [5.41, 5.74) is 3.65. The van der Waals surface area contributed by atoms with Gasteiger partial charge in [0.15, 0.2) is 0 Å². The van der Waals surface area contributed by atoms with Crippen molar-refractivity contribution in [2.75, 3.05) is 0 Å². The first-order chi connectivity index (χ1) is 10.1. The van der Waals surface area contributed by atoms with Gasteiger partial charge in [-0.3, -0.25) is 0 Å². The monoisotopic (exact) mass is 280 g/mol. The van der Waals surface area contributed by atoms with E-state index in [1.54, 1.807) is 24.3 Å². The van der Waals surface area contributed by atoms with Gasteiger partial charge < -0.3 is 10.2 Å². The minimum atomic E-state index is 0.254. The molecular formula is C19H20O2. The van der Waals surface area contributed by atoms with Crippen molar-refractivity contribution in [3.8, 4) is 11.5 Å². The molecule has 2 aromatic rings. The molecule has 0 unspecified atom stereocenters. The fourth-order valence-electron chi connectivity index (χ4n) is 2.31.